The zero-order chi connectivity index (χ0) is 20.3. The monoisotopic (exact) mass is 443 g/mol. The first-order chi connectivity index (χ1) is 13.4. The number of aromatic hydroxyl groups is 1. The lowest BCUT2D eigenvalue weighted by Gasteiger charge is -2.25. The lowest BCUT2D eigenvalue weighted by Crippen LogP contribution is -2.30. The Balaban J connectivity index is 2.12. The molecule has 0 spiro atoms. The molecule has 1 aliphatic rings. The molecule has 0 bridgehead atoms. The van der Waals surface area contributed by atoms with E-state index in [1.54, 1.807) is 36.4 Å². The Kier molecular flexibility index (Phi) is 6.19. The Labute approximate surface area is 172 Å². The Morgan fingerprint density at radius 2 is 1.82 bits per heavy atom. The number of hydrogen-bond acceptors (Lipinski definition) is 4. The number of likely N-dealkylation sites (tertiary alicyclic amines) is 1. The molecule has 1 heterocycles. The van der Waals surface area contributed by atoms with Gasteiger partial charge in [-0.15, -0.1) is 0 Å². The van der Waals surface area contributed by atoms with E-state index in [-0.39, 0.29) is 17.1 Å². The van der Waals surface area contributed by atoms with E-state index in [2.05, 4.69) is 22.9 Å². The van der Waals surface area contributed by atoms with Gasteiger partial charge in [-0.2, -0.15) is 0 Å². The Hall–Kier alpha value is -2.60. The summed E-state index contributed by atoms with van der Waals surface area (Å²) < 4.78 is 0.841. The van der Waals surface area contributed by atoms with Gasteiger partial charge in [-0.3, -0.25) is 9.59 Å². The Morgan fingerprint density at radius 1 is 1.11 bits per heavy atom. The van der Waals surface area contributed by atoms with Crippen LogP contribution in [0, 0.1) is 0 Å². The fraction of sp³-hybridized carbons (Fsp3) is 0.273. The number of benzene rings is 2. The van der Waals surface area contributed by atoms with Crippen LogP contribution in [-0.4, -0.2) is 33.3 Å². The summed E-state index contributed by atoms with van der Waals surface area (Å²) in [5.74, 6) is -1.49. The first-order valence-electron chi connectivity index (χ1n) is 9.27. The summed E-state index contributed by atoms with van der Waals surface area (Å²) in [5, 5.41) is 20.8. The van der Waals surface area contributed by atoms with Crippen LogP contribution in [0.15, 0.2) is 58.6 Å². The normalized spacial score (nSPS) is 18.6. The maximum absolute atomic E-state index is 12.8. The highest BCUT2D eigenvalue weighted by atomic mass is 79.9. The molecule has 3 rings (SSSR count). The number of carbonyl (C=O) groups is 2. The predicted molar refractivity (Wildman–Crippen MR) is 111 cm³/mol. The van der Waals surface area contributed by atoms with Gasteiger partial charge >= 0.3 is 0 Å². The smallest absolute Gasteiger partial charge is 0.295 e. The van der Waals surface area contributed by atoms with Crippen LogP contribution >= 0.6 is 15.9 Å². The molecule has 1 aliphatic heterocycles. The standard InChI is InChI=1S/C22H22BrNO4/c1-2-3-4-12-24-19(15-6-5-7-17(25)13-15)18(21(27)22(24)28)20(26)14-8-10-16(23)11-9-14/h5-11,13,19,25-26H,2-4,12H2,1H3/b20-18-. The van der Waals surface area contributed by atoms with E-state index in [1.807, 2.05) is 0 Å². The lowest BCUT2D eigenvalue weighted by atomic mass is 9.95. The summed E-state index contributed by atoms with van der Waals surface area (Å²) in [4.78, 5) is 27.0. The van der Waals surface area contributed by atoms with E-state index in [9.17, 15) is 19.8 Å². The summed E-state index contributed by atoms with van der Waals surface area (Å²) >= 11 is 3.35. The Bertz CT molecular complexity index is 920. The molecule has 1 fully saturated rings. The highest BCUT2D eigenvalue weighted by molar-refractivity contribution is 9.10. The third-order valence-corrected chi connectivity index (χ3v) is 5.37. The average molecular weight is 444 g/mol. The summed E-state index contributed by atoms with van der Waals surface area (Å²) in [5.41, 5.74) is 1.10. The van der Waals surface area contributed by atoms with Gasteiger partial charge in [-0.05, 0) is 36.2 Å². The van der Waals surface area contributed by atoms with Crippen LogP contribution in [0.25, 0.3) is 5.76 Å². The van der Waals surface area contributed by atoms with Crippen molar-refractivity contribution in [3.05, 3.63) is 69.7 Å². The largest absolute Gasteiger partial charge is 0.508 e. The minimum Gasteiger partial charge on any atom is -0.508 e. The average Bonchev–Trinajstić information content (AvgIpc) is 2.93. The van der Waals surface area contributed by atoms with Crippen LogP contribution in [0.4, 0.5) is 0 Å². The van der Waals surface area contributed by atoms with Crippen LogP contribution < -0.4 is 0 Å². The second-order valence-corrected chi connectivity index (χ2v) is 7.72. The third-order valence-electron chi connectivity index (χ3n) is 4.85. The van der Waals surface area contributed by atoms with Crippen LogP contribution in [0.1, 0.15) is 43.4 Å². The van der Waals surface area contributed by atoms with Gasteiger partial charge < -0.3 is 15.1 Å². The number of rotatable bonds is 6. The van der Waals surface area contributed by atoms with E-state index in [0.29, 0.717) is 17.7 Å². The lowest BCUT2D eigenvalue weighted by molar-refractivity contribution is -0.139. The van der Waals surface area contributed by atoms with Crippen LogP contribution in [0.3, 0.4) is 0 Å². The number of unbranched alkanes of at least 4 members (excludes halogenated alkanes) is 2. The van der Waals surface area contributed by atoms with Crippen molar-refractivity contribution in [2.24, 2.45) is 0 Å². The minimum absolute atomic E-state index is 0.0419. The van der Waals surface area contributed by atoms with Crippen LogP contribution in [-0.2, 0) is 9.59 Å². The minimum atomic E-state index is -0.729. The molecular weight excluding hydrogens is 422 g/mol. The fourth-order valence-corrected chi connectivity index (χ4v) is 3.71. The first kappa shape index (κ1) is 20.1. The quantitative estimate of drug-likeness (QED) is 0.291. The number of nitrogens with zero attached hydrogens (tertiary/aromatic N) is 1. The number of aliphatic hydroxyl groups excluding tert-OH is 1. The molecule has 0 aliphatic carbocycles. The molecule has 146 valence electrons. The van der Waals surface area contributed by atoms with Crippen molar-refractivity contribution in [1.82, 2.24) is 4.90 Å². The van der Waals surface area contributed by atoms with Gasteiger partial charge in [0, 0.05) is 16.6 Å². The molecule has 1 saturated heterocycles. The maximum Gasteiger partial charge on any atom is 0.295 e. The number of amides is 1. The highest BCUT2D eigenvalue weighted by Crippen LogP contribution is 2.40. The number of phenolic OH excluding ortho intramolecular Hbond substituents is 1. The molecule has 0 saturated carbocycles. The van der Waals surface area contributed by atoms with Gasteiger partial charge in [-0.1, -0.05) is 60.0 Å². The van der Waals surface area contributed by atoms with Crippen molar-refractivity contribution in [2.45, 2.75) is 32.2 Å². The van der Waals surface area contributed by atoms with E-state index >= 15 is 0 Å². The number of aliphatic hydroxyl groups is 1. The summed E-state index contributed by atoms with van der Waals surface area (Å²) in [6, 6.07) is 12.6. The van der Waals surface area contributed by atoms with Crippen molar-refractivity contribution < 1.29 is 19.8 Å². The van der Waals surface area contributed by atoms with Crippen LogP contribution in [0.2, 0.25) is 0 Å². The van der Waals surface area contributed by atoms with Crippen molar-refractivity contribution in [3.63, 3.8) is 0 Å². The second kappa shape index (κ2) is 8.61. The third kappa shape index (κ3) is 3.97. The number of phenols is 1. The zero-order valence-electron chi connectivity index (χ0n) is 15.6. The maximum atomic E-state index is 12.8. The van der Waals surface area contributed by atoms with Crippen molar-refractivity contribution in [1.29, 1.82) is 0 Å². The number of hydrogen-bond donors (Lipinski definition) is 2. The number of carbonyl (C=O) groups excluding carboxylic acids is 2. The topological polar surface area (TPSA) is 77.8 Å². The number of Topliss-reactive ketones (excluding diaryl/α,β-unsaturated/α-hetero) is 1. The van der Waals surface area contributed by atoms with Gasteiger partial charge in [0.25, 0.3) is 11.7 Å². The first-order valence-corrected chi connectivity index (χ1v) is 10.1. The SMILES string of the molecule is CCCCCN1C(=O)C(=O)/C(=C(\O)c2ccc(Br)cc2)C1c1cccc(O)c1. The van der Waals surface area contributed by atoms with Gasteiger partial charge in [0.15, 0.2) is 0 Å². The van der Waals surface area contributed by atoms with Gasteiger partial charge in [0.2, 0.25) is 0 Å². The molecule has 1 atom stereocenters. The van der Waals surface area contributed by atoms with Crippen molar-refractivity contribution >= 4 is 33.4 Å². The van der Waals surface area contributed by atoms with E-state index in [0.717, 1.165) is 23.7 Å². The van der Waals surface area contributed by atoms with Gasteiger partial charge in [-0.25, -0.2) is 0 Å². The molecule has 1 unspecified atom stereocenters. The number of ketones is 1. The number of halogens is 1. The Morgan fingerprint density at radius 3 is 2.46 bits per heavy atom. The molecule has 1 amide bonds. The molecule has 5 nitrogen and oxygen atoms in total. The van der Waals surface area contributed by atoms with Crippen molar-refractivity contribution in [3.8, 4) is 5.75 Å². The van der Waals surface area contributed by atoms with Gasteiger partial charge in [0.05, 0.1) is 11.6 Å². The molecule has 2 N–H and O–H groups in total. The summed E-state index contributed by atoms with van der Waals surface area (Å²) in [7, 11) is 0. The molecule has 2 aromatic rings. The van der Waals surface area contributed by atoms with E-state index in [1.165, 1.54) is 17.0 Å². The van der Waals surface area contributed by atoms with Crippen LogP contribution in [0.5, 0.6) is 5.75 Å². The van der Waals surface area contributed by atoms with E-state index in [4.69, 9.17) is 0 Å². The molecular formula is C22H22BrNO4. The highest BCUT2D eigenvalue weighted by Gasteiger charge is 2.45. The van der Waals surface area contributed by atoms with Gasteiger partial charge in [0.1, 0.15) is 11.5 Å². The predicted octanol–water partition coefficient (Wildman–Crippen LogP) is 4.77. The molecule has 2 aromatic carbocycles. The van der Waals surface area contributed by atoms with Crippen molar-refractivity contribution in [2.75, 3.05) is 6.54 Å². The molecule has 28 heavy (non-hydrogen) atoms. The summed E-state index contributed by atoms with van der Waals surface area (Å²) in [6.07, 6.45) is 2.68. The van der Waals surface area contributed by atoms with E-state index < -0.39 is 17.7 Å². The summed E-state index contributed by atoms with van der Waals surface area (Å²) in [6.45, 7) is 2.48. The second-order valence-electron chi connectivity index (χ2n) is 6.80. The molecule has 0 aromatic heterocycles. The fourth-order valence-electron chi connectivity index (χ4n) is 3.45. The molecule has 6 heteroatoms. The zero-order valence-corrected chi connectivity index (χ0v) is 17.1. The molecule has 0 radical (unpaired) electrons.